The van der Waals surface area contributed by atoms with Gasteiger partial charge < -0.3 is 14.0 Å². The monoisotopic (exact) mass is 443 g/mol. The Morgan fingerprint density at radius 2 is 2.00 bits per heavy atom. The molecule has 0 aliphatic carbocycles. The lowest BCUT2D eigenvalue weighted by Gasteiger charge is -2.07. The first kappa shape index (κ1) is 22.2. The minimum absolute atomic E-state index is 0.0126. The van der Waals surface area contributed by atoms with E-state index in [0.29, 0.717) is 21.5 Å². The van der Waals surface area contributed by atoms with Gasteiger partial charge in [0.1, 0.15) is 12.3 Å². The van der Waals surface area contributed by atoms with Crippen molar-refractivity contribution < 1.29 is 24.0 Å². The molecule has 0 unspecified atom stereocenters. The highest BCUT2D eigenvalue weighted by molar-refractivity contribution is 7.16. The lowest BCUT2D eigenvalue weighted by molar-refractivity contribution is -0.384. The van der Waals surface area contributed by atoms with Gasteiger partial charge in [0.05, 0.1) is 35.3 Å². The molecule has 10 heteroatoms. The normalized spacial score (nSPS) is 11.5. The number of carbonyl (C=O) groups excluding carboxylic acids is 2. The van der Waals surface area contributed by atoms with Crippen molar-refractivity contribution in [2.75, 3.05) is 13.7 Å². The van der Waals surface area contributed by atoms with Crippen LogP contribution in [0, 0.1) is 17.0 Å². The average molecular weight is 443 g/mol. The van der Waals surface area contributed by atoms with E-state index in [1.165, 1.54) is 29.9 Å². The van der Waals surface area contributed by atoms with Crippen LogP contribution in [-0.4, -0.2) is 35.1 Å². The van der Waals surface area contributed by atoms with Crippen LogP contribution in [0.25, 0.3) is 10.2 Å². The summed E-state index contributed by atoms with van der Waals surface area (Å²) in [5.74, 6) is -0.335. The summed E-state index contributed by atoms with van der Waals surface area (Å²) in [6.45, 7) is 3.66. The zero-order chi connectivity index (χ0) is 22.5. The molecule has 31 heavy (non-hydrogen) atoms. The third kappa shape index (κ3) is 5.15. The fourth-order valence-corrected chi connectivity index (χ4v) is 4.18. The Morgan fingerprint density at radius 3 is 2.68 bits per heavy atom. The Kier molecular flexibility index (Phi) is 6.81. The van der Waals surface area contributed by atoms with Gasteiger partial charge >= 0.3 is 5.97 Å². The average Bonchev–Trinajstić information content (AvgIpc) is 3.04. The van der Waals surface area contributed by atoms with E-state index in [-0.39, 0.29) is 30.1 Å². The Bertz CT molecular complexity index is 1230. The van der Waals surface area contributed by atoms with Crippen molar-refractivity contribution in [3.05, 3.63) is 62.4 Å². The van der Waals surface area contributed by atoms with Gasteiger partial charge in [-0.05, 0) is 26.0 Å². The topological polar surface area (TPSA) is 113 Å². The second-order valence-corrected chi connectivity index (χ2v) is 7.69. The fourth-order valence-electron chi connectivity index (χ4n) is 3.10. The van der Waals surface area contributed by atoms with Crippen LogP contribution in [0.1, 0.15) is 18.1 Å². The lowest BCUT2D eigenvalue weighted by atomic mass is 10.1. The number of nitrogens with zero attached hydrogens (tertiary/aromatic N) is 3. The lowest BCUT2D eigenvalue weighted by Crippen LogP contribution is -2.23. The van der Waals surface area contributed by atoms with Crippen molar-refractivity contribution in [1.29, 1.82) is 0 Å². The number of non-ortho nitro benzene ring substituents is 1. The van der Waals surface area contributed by atoms with Crippen molar-refractivity contribution in [1.82, 2.24) is 4.57 Å². The Balaban J connectivity index is 2.05. The van der Waals surface area contributed by atoms with Crippen molar-refractivity contribution >= 4 is 39.1 Å². The third-order valence-corrected chi connectivity index (χ3v) is 5.51. The van der Waals surface area contributed by atoms with E-state index in [1.54, 1.807) is 13.0 Å². The quantitative estimate of drug-likeness (QED) is 0.315. The van der Waals surface area contributed by atoms with Gasteiger partial charge in [-0.25, -0.2) is 0 Å². The van der Waals surface area contributed by atoms with E-state index < -0.39 is 16.8 Å². The number of hydrogen-bond acceptors (Lipinski definition) is 7. The molecule has 3 aromatic rings. The second kappa shape index (κ2) is 9.52. The Labute approximate surface area is 181 Å². The zero-order valence-corrected chi connectivity index (χ0v) is 18.1. The molecule has 1 aromatic heterocycles. The Morgan fingerprint density at radius 1 is 1.23 bits per heavy atom. The van der Waals surface area contributed by atoms with Crippen molar-refractivity contribution in [2.45, 2.75) is 26.8 Å². The van der Waals surface area contributed by atoms with Crippen LogP contribution in [0.2, 0.25) is 0 Å². The largest absolute Gasteiger partial charge is 0.496 e. The number of thiazole rings is 1. The zero-order valence-electron chi connectivity index (χ0n) is 17.3. The smallest absolute Gasteiger partial charge is 0.326 e. The first-order valence-electron chi connectivity index (χ1n) is 9.46. The van der Waals surface area contributed by atoms with Gasteiger partial charge in [0, 0.05) is 17.7 Å². The fraction of sp³-hybridized carbons (Fsp3) is 0.286. The van der Waals surface area contributed by atoms with Crippen molar-refractivity contribution in [2.24, 2.45) is 4.99 Å². The number of aryl methyl sites for hydroxylation is 1. The van der Waals surface area contributed by atoms with E-state index in [9.17, 15) is 19.7 Å². The molecule has 0 aliphatic heterocycles. The van der Waals surface area contributed by atoms with Crippen molar-refractivity contribution in [3.8, 4) is 5.75 Å². The van der Waals surface area contributed by atoms with Gasteiger partial charge in [0.15, 0.2) is 4.80 Å². The minimum Gasteiger partial charge on any atom is -0.496 e. The number of benzene rings is 2. The molecular weight excluding hydrogens is 422 g/mol. The maximum absolute atomic E-state index is 12.7. The highest BCUT2D eigenvalue weighted by atomic mass is 32.1. The van der Waals surface area contributed by atoms with Crippen LogP contribution < -0.4 is 9.54 Å². The number of esters is 1. The molecular formula is C21H21N3O6S. The number of methoxy groups -OCH3 is 1. The van der Waals surface area contributed by atoms with Crippen LogP contribution in [0.15, 0.2) is 41.4 Å². The first-order valence-corrected chi connectivity index (χ1v) is 10.3. The predicted octanol–water partition coefficient (Wildman–Crippen LogP) is 3.16. The summed E-state index contributed by atoms with van der Waals surface area (Å²) in [4.78, 5) is 39.9. The number of amides is 1. The molecule has 0 bridgehead atoms. The minimum atomic E-state index is -0.499. The summed E-state index contributed by atoms with van der Waals surface area (Å²) >= 11 is 1.10. The summed E-state index contributed by atoms with van der Waals surface area (Å²) in [7, 11) is 1.53. The first-order chi connectivity index (χ1) is 14.8. The number of rotatable bonds is 7. The van der Waals surface area contributed by atoms with Crippen molar-refractivity contribution in [3.63, 3.8) is 0 Å². The highest BCUT2D eigenvalue weighted by Crippen LogP contribution is 2.24. The molecule has 2 aromatic carbocycles. The van der Waals surface area contributed by atoms with Crippen LogP contribution in [0.4, 0.5) is 5.69 Å². The molecule has 3 rings (SSSR count). The molecule has 1 heterocycles. The van der Waals surface area contributed by atoms with Gasteiger partial charge in [0.25, 0.3) is 11.6 Å². The van der Waals surface area contributed by atoms with Crippen LogP contribution >= 0.6 is 11.3 Å². The molecule has 0 saturated heterocycles. The molecule has 0 N–H and O–H groups in total. The SMILES string of the molecule is CCOC(=O)Cn1c(=NC(=O)Cc2cc(C)ccc2OC)sc2cc([N+](=O)[O-])ccc21. The maximum Gasteiger partial charge on any atom is 0.326 e. The molecule has 1 amide bonds. The maximum atomic E-state index is 12.7. The van der Waals surface area contributed by atoms with Gasteiger partial charge in [-0.1, -0.05) is 29.0 Å². The van der Waals surface area contributed by atoms with E-state index >= 15 is 0 Å². The number of aromatic nitrogens is 1. The number of carbonyl (C=O) groups is 2. The number of nitro groups is 1. The molecule has 0 atom stereocenters. The number of ether oxygens (including phenoxy) is 2. The molecule has 162 valence electrons. The Hall–Kier alpha value is -3.53. The van der Waals surface area contributed by atoms with Crippen LogP contribution in [0.3, 0.4) is 0 Å². The molecule has 0 fully saturated rings. The van der Waals surface area contributed by atoms with Gasteiger partial charge in [-0.2, -0.15) is 4.99 Å². The summed E-state index contributed by atoms with van der Waals surface area (Å²) in [5, 5.41) is 11.1. The number of hydrogen-bond donors (Lipinski definition) is 0. The van der Waals surface area contributed by atoms with E-state index in [4.69, 9.17) is 9.47 Å². The number of nitro benzene ring substituents is 1. The predicted molar refractivity (Wildman–Crippen MR) is 115 cm³/mol. The molecule has 9 nitrogen and oxygen atoms in total. The third-order valence-electron chi connectivity index (χ3n) is 4.47. The molecule has 0 saturated carbocycles. The second-order valence-electron chi connectivity index (χ2n) is 6.68. The molecule has 0 aliphatic rings. The van der Waals surface area contributed by atoms with E-state index in [2.05, 4.69) is 4.99 Å². The molecule has 0 radical (unpaired) electrons. The standard InChI is InChI=1S/C21H21N3O6S/c1-4-30-20(26)12-23-16-7-6-15(24(27)28)11-18(16)31-21(23)22-19(25)10-14-9-13(2)5-8-17(14)29-3/h5-9,11H,4,10,12H2,1-3H3. The van der Waals surface area contributed by atoms with E-state index in [1.807, 2.05) is 19.1 Å². The summed E-state index contributed by atoms with van der Waals surface area (Å²) in [5.41, 5.74) is 2.16. The summed E-state index contributed by atoms with van der Waals surface area (Å²) in [6, 6.07) is 9.81. The van der Waals surface area contributed by atoms with Crippen LogP contribution in [0.5, 0.6) is 5.75 Å². The van der Waals surface area contributed by atoms with Gasteiger partial charge in [-0.15, -0.1) is 0 Å². The number of fused-ring (bicyclic) bond motifs is 1. The van der Waals surface area contributed by atoms with E-state index in [0.717, 1.165) is 16.9 Å². The van der Waals surface area contributed by atoms with Crippen LogP contribution in [-0.2, 0) is 27.3 Å². The molecule has 0 spiro atoms. The summed E-state index contributed by atoms with van der Waals surface area (Å²) < 4.78 is 12.4. The highest BCUT2D eigenvalue weighted by Gasteiger charge is 2.16. The summed E-state index contributed by atoms with van der Waals surface area (Å²) in [6.07, 6.45) is 0.0126. The van der Waals surface area contributed by atoms with Gasteiger partial charge in [0.2, 0.25) is 0 Å². The van der Waals surface area contributed by atoms with Gasteiger partial charge in [-0.3, -0.25) is 19.7 Å².